The first kappa shape index (κ1) is 11.9. The number of benzene rings is 2. The first-order valence-electron chi connectivity index (χ1n) is 5.28. The highest BCUT2D eigenvalue weighted by Gasteiger charge is 2.13. The Labute approximate surface area is 103 Å². The molecule has 0 radical (unpaired) electrons. The molecule has 5 heteroatoms. The maximum Gasteiger partial charge on any atom is 0.310 e. The lowest BCUT2D eigenvalue weighted by Gasteiger charge is -2.06. The Morgan fingerprint density at radius 1 is 1.17 bits per heavy atom. The van der Waals surface area contributed by atoms with Gasteiger partial charge in [-0.15, -0.1) is 0 Å². The zero-order valence-electron chi connectivity index (χ0n) is 9.66. The second-order valence-corrected chi connectivity index (χ2v) is 3.83. The second kappa shape index (κ2) is 4.75. The van der Waals surface area contributed by atoms with Crippen LogP contribution in [0.2, 0.25) is 0 Å². The van der Waals surface area contributed by atoms with Gasteiger partial charge in [-0.05, 0) is 30.7 Å². The molecule has 2 aromatic rings. The summed E-state index contributed by atoms with van der Waals surface area (Å²) < 4.78 is 5.49. The van der Waals surface area contributed by atoms with Crippen LogP contribution in [0.4, 0.5) is 5.69 Å². The predicted octanol–water partition coefficient (Wildman–Crippen LogP) is 3.40. The highest BCUT2D eigenvalue weighted by atomic mass is 16.6. The van der Waals surface area contributed by atoms with E-state index in [0.717, 1.165) is 5.56 Å². The fourth-order valence-electron chi connectivity index (χ4n) is 1.54. The zero-order valence-corrected chi connectivity index (χ0v) is 9.66. The van der Waals surface area contributed by atoms with Crippen molar-refractivity contribution in [2.24, 2.45) is 0 Å². The Balaban J connectivity index is 2.25. The molecule has 2 aromatic carbocycles. The number of phenolic OH excluding ortho intramolecular Hbond substituents is 1. The summed E-state index contributed by atoms with van der Waals surface area (Å²) in [6, 6.07) is 11.3. The van der Waals surface area contributed by atoms with Crippen LogP contribution >= 0.6 is 0 Å². The number of aromatic hydroxyl groups is 1. The minimum atomic E-state index is -0.647. The Bertz CT molecular complexity index is 595. The Kier molecular flexibility index (Phi) is 3.14. The van der Waals surface area contributed by atoms with Crippen molar-refractivity contribution >= 4 is 5.69 Å². The molecule has 0 aliphatic heterocycles. The molecule has 1 N–H and O–H groups in total. The molecule has 5 nitrogen and oxygen atoms in total. The van der Waals surface area contributed by atoms with E-state index in [1.807, 2.05) is 25.1 Å². The predicted molar refractivity (Wildman–Crippen MR) is 66.0 cm³/mol. The van der Waals surface area contributed by atoms with Crippen LogP contribution in [0.3, 0.4) is 0 Å². The van der Waals surface area contributed by atoms with Crippen molar-refractivity contribution in [3.63, 3.8) is 0 Å². The van der Waals surface area contributed by atoms with E-state index in [1.165, 1.54) is 18.2 Å². The summed E-state index contributed by atoms with van der Waals surface area (Å²) in [5.74, 6) is 0.553. The molecule has 0 bridgehead atoms. The molecule has 0 aromatic heterocycles. The van der Waals surface area contributed by atoms with Crippen LogP contribution in [0, 0.1) is 17.0 Å². The molecule has 0 saturated carbocycles. The Hall–Kier alpha value is -2.56. The van der Waals surface area contributed by atoms with Crippen molar-refractivity contribution in [3.8, 4) is 17.2 Å². The van der Waals surface area contributed by atoms with Gasteiger partial charge in [-0.1, -0.05) is 12.1 Å². The van der Waals surface area contributed by atoms with Crippen LogP contribution in [-0.2, 0) is 0 Å². The smallest absolute Gasteiger partial charge is 0.310 e. The number of nitrogens with zero attached hydrogens (tertiary/aromatic N) is 1. The lowest BCUT2D eigenvalue weighted by Crippen LogP contribution is -1.90. The van der Waals surface area contributed by atoms with Gasteiger partial charge in [0.1, 0.15) is 11.5 Å². The molecular weight excluding hydrogens is 234 g/mol. The summed E-state index contributed by atoms with van der Waals surface area (Å²) >= 11 is 0. The van der Waals surface area contributed by atoms with E-state index in [1.54, 1.807) is 6.07 Å². The van der Waals surface area contributed by atoms with Gasteiger partial charge in [0.05, 0.1) is 4.92 Å². The van der Waals surface area contributed by atoms with Gasteiger partial charge in [-0.25, -0.2) is 0 Å². The quantitative estimate of drug-likeness (QED) is 0.664. The number of nitro benzene ring substituents is 1. The first-order valence-corrected chi connectivity index (χ1v) is 5.28. The van der Waals surface area contributed by atoms with E-state index < -0.39 is 10.7 Å². The van der Waals surface area contributed by atoms with Crippen molar-refractivity contribution in [2.75, 3.05) is 0 Å². The maximum absolute atomic E-state index is 10.5. The fourth-order valence-corrected chi connectivity index (χ4v) is 1.54. The highest BCUT2D eigenvalue weighted by Crippen LogP contribution is 2.32. The van der Waals surface area contributed by atoms with Crippen molar-refractivity contribution in [1.82, 2.24) is 0 Å². The van der Waals surface area contributed by atoms with E-state index in [4.69, 9.17) is 4.74 Å². The van der Waals surface area contributed by atoms with Crippen LogP contribution in [-0.4, -0.2) is 10.0 Å². The first-order chi connectivity index (χ1) is 8.56. The van der Waals surface area contributed by atoms with Gasteiger partial charge >= 0.3 is 5.69 Å². The molecule has 2 rings (SSSR count). The summed E-state index contributed by atoms with van der Waals surface area (Å²) in [4.78, 5) is 9.89. The summed E-state index contributed by atoms with van der Waals surface area (Å²) in [7, 11) is 0. The van der Waals surface area contributed by atoms with E-state index in [9.17, 15) is 15.2 Å². The average molecular weight is 245 g/mol. The van der Waals surface area contributed by atoms with Gasteiger partial charge in [0, 0.05) is 12.1 Å². The van der Waals surface area contributed by atoms with Gasteiger partial charge in [0.25, 0.3) is 0 Å². The molecule has 0 aliphatic rings. The number of aryl methyl sites for hydroxylation is 1. The topological polar surface area (TPSA) is 72.6 Å². The molecule has 0 unspecified atom stereocenters. The third-order valence-corrected chi connectivity index (χ3v) is 2.37. The van der Waals surface area contributed by atoms with E-state index in [-0.39, 0.29) is 5.69 Å². The average Bonchev–Trinajstić information content (AvgIpc) is 2.28. The molecule has 0 saturated heterocycles. The minimum absolute atomic E-state index is 0.341. The lowest BCUT2D eigenvalue weighted by atomic mass is 10.2. The highest BCUT2D eigenvalue weighted by molar-refractivity contribution is 5.50. The Morgan fingerprint density at radius 2 is 1.89 bits per heavy atom. The SMILES string of the molecule is Cc1cccc(Oc2ccc([N+](=O)[O-])c(O)c2)c1. The van der Waals surface area contributed by atoms with Crippen molar-refractivity contribution < 1.29 is 14.8 Å². The van der Waals surface area contributed by atoms with Gasteiger partial charge in [0.2, 0.25) is 0 Å². The van der Waals surface area contributed by atoms with Crippen LogP contribution < -0.4 is 4.74 Å². The third-order valence-electron chi connectivity index (χ3n) is 2.37. The van der Waals surface area contributed by atoms with E-state index in [2.05, 4.69) is 0 Å². The summed E-state index contributed by atoms with van der Waals surface area (Å²) in [6.07, 6.45) is 0. The fraction of sp³-hybridized carbons (Fsp3) is 0.0769. The number of phenols is 1. The number of rotatable bonds is 3. The van der Waals surface area contributed by atoms with Crippen molar-refractivity contribution in [3.05, 3.63) is 58.1 Å². The van der Waals surface area contributed by atoms with Crippen LogP contribution in [0.25, 0.3) is 0 Å². The summed E-state index contributed by atoms with van der Waals surface area (Å²) in [5.41, 5.74) is 0.699. The standard InChI is InChI=1S/C13H11NO4/c1-9-3-2-4-10(7-9)18-11-5-6-12(14(16)17)13(15)8-11/h2-8,15H,1H3. The molecular formula is C13H11NO4. The molecule has 0 amide bonds. The van der Waals surface area contributed by atoms with Crippen molar-refractivity contribution in [2.45, 2.75) is 6.92 Å². The zero-order chi connectivity index (χ0) is 13.1. The van der Waals surface area contributed by atoms with Crippen molar-refractivity contribution in [1.29, 1.82) is 0 Å². The van der Waals surface area contributed by atoms with Crippen LogP contribution in [0.15, 0.2) is 42.5 Å². The third kappa shape index (κ3) is 2.57. The van der Waals surface area contributed by atoms with Crippen LogP contribution in [0.5, 0.6) is 17.2 Å². The molecule has 92 valence electrons. The molecule has 0 heterocycles. The molecule has 0 atom stereocenters. The number of ether oxygens (including phenoxy) is 1. The van der Waals surface area contributed by atoms with E-state index >= 15 is 0 Å². The van der Waals surface area contributed by atoms with Gasteiger partial charge in [-0.3, -0.25) is 10.1 Å². The lowest BCUT2D eigenvalue weighted by molar-refractivity contribution is -0.385. The molecule has 0 fully saturated rings. The minimum Gasteiger partial charge on any atom is -0.502 e. The Morgan fingerprint density at radius 3 is 2.50 bits per heavy atom. The number of nitro groups is 1. The van der Waals surface area contributed by atoms with Gasteiger partial charge in [-0.2, -0.15) is 0 Å². The van der Waals surface area contributed by atoms with Gasteiger partial charge < -0.3 is 9.84 Å². The molecule has 18 heavy (non-hydrogen) atoms. The summed E-state index contributed by atoms with van der Waals surface area (Å²) in [5, 5.41) is 20.0. The number of hydrogen-bond acceptors (Lipinski definition) is 4. The normalized spacial score (nSPS) is 10.1. The molecule has 0 aliphatic carbocycles. The van der Waals surface area contributed by atoms with Gasteiger partial charge in [0.15, 0.2) is 5.75 Å². The molecule has 0 spiro atoms. The van der Waals surface area contributed by atoms with E-state index in [0.29, 0.717) is 11.5 Å². The maximum atomic E-state index is 10.5. The number of hydrogen-bond donors (Lipinski definition) is 1. The monoisotopic (exact) mass is 245 g/mol. The largest absolute Gasteiger partial charge is 0.502 e. The van der Waals surface area contributed by atoms with Crippen LogP contribution in [0.1, 0.15) is 5.56 Å². The summed E-state index contributed by atoms with van der Waals surface area (Å²) in [6.45, 7) is 1.93. The second-order valence-electron chi connectivity index (χ2n) is 3.83.